The summed E-state index contributed by atoms with van der Waals surface area (Å²) in [5.41, 5.74) is 7.17. The average molecular weight is 327 g/mol. The van der Waals surface area contributed by atoms with E-state index in [2.05, 4.69) is 35.1 Å². The van der Waals surface area contributed by atoms with Crippen molar-refractivity contribution in [3.05, 3.63) is 33.8 Å². The molecule has 0 radical (unpaired) electrons. The highest BCUT2D eigenvalue weighted by Crippen LogP contribution is 2.19. The van der Waals surface area contributed by atoms with Crippen molar-refractivity contribution in [2.45, 2.75) is 39.7 Å². The fraction of sp³-hybridized carbons (Fsp3) is 0.533. The minimum absolute atomic E-state index is 0.0713. The van der Waals surface area contributed by atoms with Crippen LogP contribution in [0, 0.1) is 12.8 Å². The third kappa shape index (κ3) is 4.96. The SMILES string of the molecule is Cc1cc(Br)cc(C(=O)NC(C)(CN)CC(C)C)c1. The maximum atomic E-state index is 12.3. The first kappa shape index (κ1) is 16.2. The van der Waals surface area contributed by atoms with Crippen molar-refractivity contribution in [3.8, 4) is 0 Å². The van der Waals surface area contributed by atoms with Gasteiger partial charge in [0, 0.05) is 22.1 Å². The summed E-state index contributed by atoms with van der Waals surface area (Å²) in [4.78, 5) is 12.3. The molecular formula is C15H23BrN2O. The molecule has 1 amide bonds. The normalized spacial score (nSPS) is 14.3. The van der Waals surface area contributed by atoms with Crippen LogP contribution in [-0.4, -0.2) is 18.0 Å². The number of carbonyl (C=O) groups excluding carboxylic acids is 1. The molecule has 4 heteroatoms. The molecule has 0 heterocycles. The number of hydrogen-bond acceptors (Lipinski definition) is 2. The van der Waals surface area contributed by atoms with Gasteiger partial charge in [-0.15, -0.1) is 0 Å². The Kier molecular flexibility index (Phi) is 5.56. The third-order valence-corrected chi connectivity index (χ3v) is 3.49. The number of benzene rings is 1. The molecular weight excluding hydrogens is 304 g/mol. The Morgan fingerprint density at radius 3 is 2.53 bits per heavy atom. The lowest BCUT2D eigenvalue weighted by Crippen LogP contribution is -2.52. The molecule has 19 heavy (non-hydrogen) atoms. The van der Waals surface area contributed by atoms with E-state index in [1.165, 1.54) is 0 Å². The van der Waals surface area contributed by atoms with Gasteiger partial charge >= 0.3 is 0 Å². The number of nitrogens with two attached hydrogens (primary N) is 1. The van der Waals surface area contributed by atoms with E-state index < -0.39 is 0 Å². The predicted molar refractivity (Wildman–Crippen MR) is 83.3 cm³/mol. The van der Waals surface area contributed by atoms with Gasteiger partial charge in [0.25, 0.3) is 5.91 Å². The van der Waals surface area contributed by atoms with Gasteiger partial charge in [0.1, 0.15) is 0 Å². The minimum Gasteiger partial charge on any atom is -0.346 e. The Balaban J connectivity index is 2.88. The molecule has 1 atom stereocenters. The van der Waals surface area contributed by atoms with E-state index in [9.17, 15) is 4.79 Å². The van der Waals surface area contributed by atoms with Crippen molar-refractivity contribution < 1.29 is 4.79 Å². The average Bonchev–Trinajstić information content (AvgIpc) is 2.26. The van der Waals surface area contributed by atoms with Gasteiger partial charge in [0.2, 0.25) is 0 Å². The molecule has 0 aliphatic heterocycles. The molecule has 0 aliphatic carbocycles. The fourth-order valence-corrected chi connectivity index (χ4v) is 2.91. The second kappa shape index (κ2) is 6.53. The zero-order chi connectivity index (χ0) is 14.6. The van der Waals surface area contributed by atoms with Gasteiger partial charge in [0.05, 0.1) is 0 Å². The summed E-state index contributed by atoms with van der Waals surface area (Å²) in [7, 11) is 0. The summed E-state index contributed by atoms with van der Waals surface area (Å²) in [5.74, 6) is 0.413. The van der Waals surface area contributed by atoms with E-state index in [4.69, 9.17) is 5.73 Å². The van der Waals surface area contributed by atoms with Crippen LogP contribution in [0.15, 0.2) is 22.7 Å². The zero-order valence-electron chi connectivity index (χ0n) is 12.1. The third-order valence-electron chi connectivity index (χ3n) is 3.03. The van der Waals surface area contributed by atoms with E-state index in [1.54, 1.807) is 0 Å². The molecule has 1 rings (SSSR count). The molecule has 3 N–H and O–H groups in total. The van der Waals surface area contributed by atoms with Gasteiger partial charge in [-0.3, -0.25) is 4.79 Å². The van der Waals surface area contributed by atoms with Gasteiger partial charge in [-0.2, -0.15) is 0 Å². The first-order chi connectivity index (χ1) is 8.75. The van der Waals surface area contributed by atoms with Gasteiger partial charge < -0.3 is 11.1 Å². The highest BCUT2D eigenvalue weighted by molar-refractivity contribution is 9.10. The van der Waals surface area contributed by atoms with E-state index in [1.807, 2.05) is 32.0 Å². The van der Waals surface area contributed by atoms with E-state index in [0.29, 0.717) is 18.0 Å². The molecule has 0 spiro atoms. The highest BCUT2D eigenvalue weighted by atomic mass is 79.9. The van der Waals surface area contributed by atoms with Crippen molar-refractivity contribution in [1.82, 2.24) is 5.32 Å². The number of hydrogen-bond donors (Lipinski definition) is 2. The molecule has 0 aliphatic rings. The maximum absolute atomic E-state index is 12.3. The quantitative estimate of drug-likeness (QED) is 0.872. The van der Waals surface area contributed by atoms with E-state index >= 15 is 0 Å². The van der Waals surface area contributed by atoms with Crippen molar-refractivity contribution >= 4 is 21.8 Å². The Hall–Kier alpha value is -0.870. The Labute approximate surface area is 124 Å². The van der Waals surface area contributed by atoms with Gasteiger partial charge in [-0.05, 0) is 49.9 Å². The van der Waals surface area contributed by atoms with E-state index in [-0.39, 0.29) is 11.4 Å². The van der Waals surface area contributed by atoms with Crippen LogP contribution in [0.5, 0.6) is 0 Å². The summed E-state index contributed by atoms with van der Waals surface area (Å²) in [6.45, 7) is 8.66. The summed E-state index contributed by atoms with van der Waals surface area (Å²) in [6, 6.07) is 5.69. The number of halogens is 1. The lowest BCUT2D eigenvalue weighted by atomic mass is 9.90. The predicted octanol–water partition coefficient (Wildman–Crippen LogP) is 3.25. The summed E-state index contributed by atoms with van der Waals surface area (Å²) in [5, 5.41) is 3.06. The summed E-state index contributed by atoms with van der Waals surface area (Å²) in [6.07, 6.45) is 0.863. The molecule has 3 nitrogen and oxygen atoms in total. The van der Waals surface area contributed by atoms with Crippen LogP contribution in [0.25, 0.3) is 0 Å². The Bertz CT molecular complexity index is 439. The molecule has 1 aromatic rings. The number of amides is 1. The lowest BCUT2D eigenvalue weighted by Gasteiger charge is -2.31. The fourth-order valence-electron chi connectivity index (χ4n) is 2.30. The van der Waals surface area contributed by atoms with Gasteiger partial charge in [0.15, 0.2) is 0 Å². The van der Waals surface area contributed by atoms with Crippen LogP contribution in [-0.2, 0) is 0 Å². The molecule has 0 fully saturated rings. The van der Waals surface area contributed by atoms with E-state index in [0.717, 1.165) is 16.5 Å². The van der Waals surface area contributed by atoms with Crippen LogP contribution in [0.1, 0.15) is 43.1 Å². The van der Waals surface area contributed by atoms with Crippen LogP contribution in [0.3, 0.4) is 0 Å². The molecule has 0 aromatic heterocycles. The summed E-state index contributed by atoms with van der Waals surface area (Å²) >= 11 is 3.41. The maximum Gasteiger partial charge on any atom is 0.251 e. The van der Waals surface area contributed by atoms with Crippen LogP contribution in [0.4, 0.5) is 0 Å². The van der Waals surface area contributed by atoms with Crippen molar-refractivity contribution in [1.29, 1.82) is 0 Å². The smallest absolute Gasteiger partial charge is 0.251 e. The second-order valence-electron chi connectivity index (χ2n) is 5.83. The number of aryl methyl sites for hydroxylation is 1. The molecule has 0 saturated carbocycles. The topological polar surface area (TPSA) is 55.1 Å². The molecule has 106 valence electrons. The Morgan fingerprint density at radius 2 is 2.05 bits per heavy atom. The molecule has 0 bridgehead atoms. The molecule has 1 unspecified atom stereocenters. The van der Waals surface area contributed by atoms with Gasteiger partial charge in [-0.1, -0.05) is 29.8 Å². The number of rotatable bonds is 5. The molecule has 0 saturated heterocycles. The van der Waals surface area contributed by atoms with Crippen LogP contribution in [0.2, 0.25) is 0 Å². The largest absolute Gasteiger partial charge is 0.346 e. The Morgan fingerprint density at radius 1 is 1.42 bits per heavy atom. The minimum atomic E-state index is -0.360. The number of nitrogens with one attached hydrogen (secondary N) is 1. The standard InChI is InChI=1S/C15H23BrN2O/c1-10(2)8-15(4,9-17)18-14(19)12-5-11(3)6-13(16)7-12/h5-7,10H,8-9,17H2,1-4H3,(H,18,19). The molecule has 1 aromatic carbocycles. The van der Waals surface area contributed by atoms with Crippen molar-refractivity contribution in [2.75, 3.05) is 6.54 Å². The van der Waals surface area contributed by atoms with Crippen LogP contribution < -0.4 is 11.1 Å². The first-order valence-electron chi connectivity index (χ1n) is 6.55. The van der Waals surface area contributed by atoms with Crippen molar-refractivity contribution in [3.63, 3.8) is 0 Å². The summed E-state index contributed by atoms with van der Waals surface area (Å²) < 4.78 is 0.913. The number of carbonyl (C=O) groups is 1. The highest BCUT2D eigenvalue weighted by Gasteiger charge is 2.26. The van der Waals surface area contributed by atoms with Crippen molar-refractivity contribution in [2.24, 2.45) is 11.7 Å². The monoisotopic (exact) mass is 326 g/mol. The lowest BCUT2D eigenvalue weighted by molar-refractivity contribution is 0.0898. The zero-order valence-corrected chi connectivity index (χ0v) is 13.7. The first-order valence-corrected chi connectivity index (χ1v) is 7.35. The second-order valence-corrected chi connectivity index (χ2v) is 6.75. The van der Waals surface area contributed by atoms with Crippen LogP contribution >= 0.6 is 15.9 Å². The van der Waals surface area contributed by atoms with Gasteiger partial charge in [-0.25, -0.2) is 0 Å².